The van der Waals surface area contributed by atoms with E-state index in [0.29, 0.717) is 12.1 Å². The minimum atomic E-state index is 0.521. The van der Waals surface area contributed by atoms with Gasteiger partial charge in [-0.15, -0.1) is 0 Å². The number of hydrogen-bond donors (Lipinski definition) is 1. The molecular weight excluding hydrogens is 246 g/mol. The lowest BCUT2D eigenvalue weighted by Gasteiger charge is -2.32. The van der Waals surface area contributed by atoms with Crippen LogP contribution in [0.1, 0.15) is 44.8 Å². The SMILES string of the molecule is CCC1CC(CC)n2nc(C)c(-c3ccccc3)c2N1. The topological polar surface area (TPSA) is 29.9 Å². The highest BCUT2D eigenvalue weighted by Gasteiger charge is 2.29. The molecule has 0 bridgehead atoms. The van der Waals surface area contributed by atoms with Gasteiger partial charge in [-0.25, -0.2) is 4.68 Å². The van der Waals surface area contributed by atoms with E-state index in [0.717, 1.165) is 18.5 Å². The van der Waals surface area contributed by atoms with Crippen molar-refractivity contribution >= 4 is 5.82 Å². The first-order valence-electron chi connectivity index (χ1n) is 7.65. The Bertz CT molecular complexity index is 586. The van der Waals surface area contributed by atoms with Crippen molar-refractivity contribution in [2.24, 2.45) is 0 Å². The smallest absolute Gasteiger partial charge is 0.133 e. The normalized spacial score (nSPS) is 21.4. The fraction of sp³-hybridized carbons (Fsp3) is 0.471. The number of benzene rings is 1. The molecule has 2 atom stereocenters. The molecule has 1 N–H and O–H groups in total. The number of aromatic nitrogens is 2. The van der Waals surface area contributed by atoms with Crippen LogP contribution in [0, 0.1) is 6.92 Å². The van der Waals surface area contributed by atoms with Crippen LogP contribution >= 0.6 is 0 Å². The zero-order valence-electron chi connectivity index (χ0n) is 12.6. The predicted octanol–water partition coefficient (Wildman–Crippen LogP) is 4.40. The van der Waals surface area contributed by atoms with Crippen molar-refractivity contribution in [3.05, 3.63) is 36.0 Å². The average molecular weight is 269 g/mol. The number of aryl methyl sites for hydroxylation is 1. The molecule has 0 saturated carbocycles. The van der Waals surface area contributed by atoms with E-state index in [1.807, 2.05) is 0 Å². The molecule has 1 aromatic carbocycles. The molecule has 2 unspecified atom stereocenters. The number of nitrogens with zero attached hydrogens (tertiary/aromatic N) is 2. The van der Waals surface area contributed by atoms with E-state index in [9.17, 15) is 0 Å². The maximum absolute atomic E-state index is 4.80. The van der Waals surface area contributed by atoms with Gasteiger partial charge in [-0.1, -0.05) is 44.2 Å². The summed E-state index contributed by atoms with van der Waals surface area (Å²) in [4.78, 5) is 0. The summed E-state index contributed by atoms with van der Waals surface area (Å²) in [6.45, 7) is 6.63. The number of rotatable bonds is 3. The van der Waals surface area contributed by atoms with Crippen molar-refractivity contribution in [2.75, 3.05) is 5.32 Å². The molecule has 0 amide bonds. The Kier molecular flexibility index (Phi) is 3.51. The van der Waals surface area contributed by atoms with E-state index in [-0.39, 0.29) is 0 Å². The van der Waals surface area contributed by atoms with Crippen molar-refractivity contribution < 1.29 is 0 Å². The van der Waals surface area contributed by atoms with Crippen LogP contribution in [0.4, 0.5) is 5.82 Å². The van der Waals surface area contributed by atoms with Crippen molar-refractivity contribution in [2.45, 2.75) is 52.1 Å². The van der Waals surface area contributed by atoms with Gasteiger partial charge in [-0.2, -0.15) is 5.10 Å². The van der Waals surface area contributed by atoms with Gasteiger partial charge in [0, 0.05) is 11.6 Å². The maximum Gasteiger partial charge on any atom is 0.133 e. The maximum atomic E-state index is 4.80. The zero-order valence-corrected chi connectivity index (χ0v) is 12.6. The zero-order chi connectivity index (χ0) is 14.1. The molecule has 3 nitrogen and oxygen atoms in total. The van der Waals surface area contributed by atoms with E-state index in [2.05, 4.69) is 61.1 Å². The third-order valence-corrected chi connectivity index (χ3v) is 4.36. The molecule has 0 saturated heterocycles. The standard InChI is InChI=1S/C17H23N3/c1-4-14-11-15(5-2)20-17(18-14)16(12(3)19-20)13-9-7-6-8-10-13/h6-10,14-15,18H,4-5,11H2,1-3H3. The van der Waals surface area contributed by atoms with Crippen LogP contribution in [0.15, 0.2) is 30.3 Å². The van der Waals surface area contributed by atoms with Gasteiger partial charge in [-0.05, 0) is 31.7 Å². The molecule has 1 aromatic heterocycles. The third-order valence-electron chi connectivity index (χ3n) is 4.36. The first kappa shape index (κ1) is 13.2. The molecule has 0 spiro atoms. The summed E-state index contributed by atoms with van der Waals surface area (Å²) in [5.41, 5.74) is 3.64. The minimum absolute atomic E-state index is 0.521. The van der Waals surface area contributed by atoms with Crippen LogP contribution in [0.25, 0.3) is 11.1 Å². The molecule has 1 aliphatic rings. The van der Waals surface area contributed by atoms with Gasteiger partial charge in [0.25, 0.3) is 0 Å². The summed E-state index contributed by atoms with van der Waals surface area (Å²) < 4.78 is 2.21. The molecule has 2 heterocycles. The van der Waals surface area contributed by atoms with Gasteiger partial charge in [0.15, 0.2) is 0 Å². The van der Waals surface area contributed by atoms with Gasteiger partial charge >= 0.3 is 0 Å². The average Bonchev–Trinajstić information content (AvgIpc) is 2.82. The second-order valence-corrected chi connectivity index (χ2v) is 5.67. The van der Waals surface area contributed by atoms with Crippen LogP contribution in [-0.2, 0) is 0 Å². The second-order valence-electron chi connectivity index (χ2n) is 5.67. The van der Waals surface area contributed by atoms with Gasteiger partial charge in [0.2, 0.25) is 0 Å². The Morgan fingerprint density at radius 3 is 2.60 bits per heavy atom. The van der Waals surface area contributed by atoms with Crippen LogP contribution in [0.3, 0.4) is 0 Å². The lowest BCUT2D eigenvalue weighted by Crippen LogP contribution is -2.31. The van der Waals surface area contributed by atoms with E-state index in [4.69, 9.17) is 5.10 Å². The Hall–Kier alpha value is -1.77. The molecular formula is C17H23N3. The van der Waals surface area contributed by atoms with E-state index < -0.39 is 0 Å². The summed E-state index contributed by atoms with van der Waals surface area (Å²) in [5.74, 6) is 1.21. The molecule has 20 heavy (non-hydrogen) atoms. The van der Waals surface area contributed by atoms with Crippen molar-refractivity contribution in [3.63, 3.8) is 0 Å². The van der Waals surface area contributed by atoms with E-state index >= 15 is 0 Å². The highest BCUT2D eigenvalue weighted by Crippen LogP contribution is 2.39. The van der Waals surface area contributed by atoms with E-state index in [1.54, 1.807) is 0 Å². The van der Waals surface area contributed by atoms with E-state index in [1.165, 1.54) is 23.4 Å². The quantitative estimate of drug-likeness (QED) is 0.894. The largest absolute Gasteiger partial charge is 0.367 e. The Balaban J connectivity index is 2.12. The molecule has 0 aliphatic carbocycles. The highest BCUT2D eigenvalue weighted by molar-refractivity contribution is 5.78. The lowest BCUT2D eigenvalue weighted by molar-refractivity contribution is 0.362. The molecule has 1 aliphatic heterocycles. The minimum Gasteiger partial charge on any atom is -0.367 e. The monoisotopic (exact) mass is 269 g/mol. The molecule has 0 fully saturated rings. The summed E-state index contributed by atoms with van der Waals surface area (Å²) in [7, 11) is 0. The summed E-state index contributed by atoms with van der Waals surface area (Å²) in [5, 5.41) is 8.50. The molecule has 106 valence electrons. The third kappa shape index (κ3) is 2.11. The number of anilines is 1. The lowest BCUT2D eigenvalue weighted by atomic mass is 9.98. The molecule has 2 aromatic rings. The second kappa shape index (κ2) is 5.31. The first-order chi connectivity index (χ1) is 9.74. The van der Waals surface area contributed by atoms with Gasteiger partial charge in [0.1, 0.15) is 5.82 Å². The number of nitrogens with one attached hydrogen (secondary N) is 1. The van der Waals surface area contributed by atoms with Crippen LogP contribution in [0.5, 0.6) is 0 Å². The number of hydrogen-bond acceptors (Lipinski definition) is 2. The molecule has 3 rings (SSSR count). The Morgan fingerprint density at radius 2 is 1.95 bits per heavy atom. The summed E-state index contributed by atoms with van der Waals surface area (Å²) in [6, 6.07) is 11.7. The highest BCUT2D eigenvalue weighted by atomic mass is 15.4. The van der Waals surface area contributed by atoms with Crippen molar-refractivity contribution in [3.8, 4) is 11.1 Å². The van der Waals surface area contributed by atoms with Crippen molar-refractivity contribution in [1.82, 2.24) is 9.78 Å². The van der Waals surface area contributed by atoms with Gasteiger partial charge < -0.3 is 5.32 Å². The van der Waals surface area contributed by atoms with Gasteiger partial charge in [-0.3, -0.25) is 0 Å². The fourth-order valence-corrected chi connectivity index (χ4v) is 3.19. The van der Waals surface area contributed by atoms with Crippen LogP contribution in [-0.4, -0.2) is 15.8 Å². The van der Waals surface area contributed by atoms with Gasteiger partial charge in [0.05, 0.1) is 11.7 Å². The Labute approximate surface area is 121 Å². The number of fused-ring (bicyclic) bond motifs is 1. The summed E-state index contributed by atoms with van der Waals surface area (Å²) in [6.07, 6.45) is 3.48. The fourth-order valence-electron chi connectivity index (χ4n) is 3.19. The summed E-state index contributed by atoms with van der Waals surface area (Å²) >= 11 is 0. The predicted molar refractivity (Wildman–Crippen MR) is 84.0 cm³/mol. The van der Waals surface area contributed by atoms with Crippen LogP contribution < -0.4 is 5.32 Å². The van der Waals surface area contributed by atoms with Crippen molar-refractivity contribution in [1.29, 1.82) is 0 Å². The first-order valence-corrected chi connectivity index (χ1v) is 7.65. The Morgan fingerprint density at radius 1 is 1.20 bits per heavy atom. The molecule has 3 heteroatoms. The van der Waals surface area contributed by atoms with Crippen LogP contribution in [0.2, 0.25) is 0 Å². The molecule has 0 radical (unpaired) electrons.